The maximum atomic E-state index is 10.6. The van der Waals surface area contributed by atoms with Gasteiger partial charge in [-0.1, -0.05) is 11.6 Å². The number of carboxylic acids is 1. The number of hydrogen-bond acceptors (Lipinski definition) is 2. The first-order valence-electron chi connectivity index (χ1n) is 3.25. The molecule has 2 nitrogen and oxygen atoms in total. The van der Waals surface area contributed by atoms with Crippen molar-refractivity contribution in [3.8, 4) is 0 Å². The molecule has 1 aromatic rings. The minimum atomic E-state index is -1.02. The van der Waals surface area contributed by atoms with E-state index in [0.29, 0.717) is 4.90 Å². The number of thiol groups is 1. The summed E-state index contributed by atoms with van der Waals surface area (Å²) in [6, 6.07) is 3.04. The van der Waals surface area contributed by atoms with Crippen LogP contribution < -0.4 is 0 Å². The molecule has 0 atom stereocenters. The Morgan fingerprint density at radius 3 is 2.67 bits per heavy atom. The Bertz CT molecular complexity index is 336. The van der Waals surface area contributed by atoms with Crippen LogP contribution in [0.15, 0.2) is 17.0 Å². The fraction of sp³-hybridized carbons (Fsp3) is 0.125. The Hall–Kier alpha value is -0.670. The third-order valence-electron chi connectivity index (χ3n) is 1.52. The van der Waals surface area contributed by atoms with Crippen molar-refractivity contribution in [1.29, 1.82) is 0 Å². The summed E-state index contributed by atoms with van der Waals surface area (Å²) in [5.41, 5.74) is 0.923. The molecule has 1 rings (SSSR count). The summed E-state index contributed by atoms with van der Waals surface area (Å²) in [4.78, 5) is 11.3. The standard InChI is InChI=1S/C8H7ClO2S/c1-4-2-5(8(10)11)6(9)3-7(4)12/h2-3,12H,1H3,(H,10,11). The molecule has 64 valence electrons. The number of halogens is 1. The Morgan fingerprint density at radius 1 is 1.58 bits per heavy atom. The number of hydrogen-bond donors (Lipinski definition) is 2. The molecule has 0 amide bonds. The van der Waals surface area contributed by atoms with E-state index in [9.17, 15) is 4.79 Å². The zero-order valence-electron chi connectivity index (χ0n) is 6.34. The lowest BCUT2D eigenvalue weighted by atomic mass is 10.1. The van der Waals surface area contributed by atoms with Crippen molar-refractivity contribution in [2.75, 3.05) is 0 Å². The third-order valence-corrected chi connectivity index (χ3v) is 2.31. The van der Waals surface area contributed by atoms with Crippen LogP contribution in [-0.4, -0.2) is 11.1 Å². The molecule has 1 N–H and O–H groups in total. The van der Waals surface area contributed by atoms with Gasteiger partial charge in [-0.2, -0.15) is 0 Å². The van der Waals surface area contributed by atoms with Crippen LogP contribution in [0.2, 0.25) is 5.02 Å². The molecular weight excluding hydrogens is 196 g/mol. The van der Waals surface area contributed by atoms with Crippen molar-refractivity contribution in [2.24, 2.45) is 0 Å². The van der Waals surface area contributed by atoms with Gasteiger partial charge in [-0.15, -0.1) is 12.6 Å². The van der Waals surface area contributed by atoms with E-state index < -0.39 is 5.97 Å². The monoisotopic (exact) mass is 202 g/mol. The minimum Gasteiger partial charge on any atom is -0.478 e. The highest BCUT2D eigenvalue weighted by molar-refractivity contribution is 7.80. The Balaban J connectivity index is 3.33. The first-order chi connectivity index (χ1) is 5.52. The lowest BCUT2D eigenvalue weighted by molar-refractivity contribution is 0.0697. The molecule has 4 heteroatoms. The maximum Gasteiger partial charge on any atom is 0.337 e. The van der Waals surface area contributed by atoms with Gasteiger partial charge >= 0.3 is 5.97 Å². The van der Waals surface area contributed by atoms with Gasteiger partial charge in [0.1, 0.15) is 0 Å². The van der Waals surface area contributed by atoms with Gasteiger partial charge in [-0.25, -0.2) is 4.79 Å². The van der Waals surface area contributed by atoms with Crippen LogP contribution in [0.5, 0.6) is 0 Å². The van der Waals surface area contributed by atoms with Crippen LogP contribution >= 0.6 is 24.2 Å². The van der Waals surface area contributed by atoms with E-state index >= 15 is 0 Å². The molecule has 12 heavy (non-hydrogen) atoms. The lowest BCUT2D eigenvalue weighted by Gasteiger charge is -2.02. The van der Waals surface area contributed by atoms with Crippen molar-refractivity contribution in [1.82, 2.24) is 0 Å². The molecule has 1 aromatic carbocycles. The molecule has 0 saturated heterocycles. The summed E-state index contributed by atoms with van der Waals surface area (Å²) in [6.07, 6.45) is 0. The second kappa shape index (κ2) is 3.37. The summed E-state index contributed by atoms with van der Waals surface area (Å²) in [6.45, 7) is 1.78. The number of rotatable bonds is 1. The molecular formula is C8H7ClO2S. The average molecular weight is 203 g/mol. The normalized spacial score (nSPS) is 9.92. The summed E-state index contributed by atoms with van der Waals surface area (Å²) < 4.78 is 0. The van der Waals surface area contributed by atoms with E-state index in [0.717, 1.165) is 5.56 Å². The van der Waals surface area contributed by atoms with Crippen LogP contribution in [0.4, 0.5) is 0 Å². The second-order valence-corrected chi connectivity index (χ2v) is 3.31. The SMILES string of the molecule is Cc1cc(C(=O)O)c(Cl)cc1S. The summed E-state index contributed by atoms with van der Waals surface area (Å²) in [7, 11) is 0. The molecule has 0 radical (unpaired) electrons. The molecule has 0 aromatic heterocycles. The van der Waals surface area contributed by atoms with E-state index in [-0.39, 0.29) is 10.6 Å². The highest BCUT2D eigenvalue weighted by Crippen LogP contribution is 2.23. The van der Waals surface area contributed by atoms with Crippen molar-refractivity contribution < 1.29 is 9.90 Å². The van der Waals surface area contributed by atoms with Crippen LogP contribution in [0.1, 0.15) is 15.9 Å². The van der Waals surface area contributed by atoms with E-state index in [1.165, 1.54) is 12.1 Å². The maximum absolute atomic E-state index is 10.6. The molecule has 0 saturated carbocycles. The van der Waals surface area contributed by atoms with Gasteiger partial charge in [0.2, 0.25) is 0 Å². The van der Waals surface area contributed by atoms with Gasteiger partial charge in [-0.3, -0.25) is 0 Å². The first-order valence-corrected chi connectivity index (χ1v) is 4.07. The van der Waals surface area contributed by atoms with Gasteiger partial charge in [-0.05, 0) is 24.6 Å². The number of aryl methyl sites for hydroxylation is 1. The largest absolute Gasteiger partial charge is 0.478 e. The van der Waals surface area contributed by atoms with Gasteiger partial charge in [0.15, 0.2) is 0 Å². The van der Waals surface area contributed by atoms with Gasteiger partial charge in [0, 0.05) is 4.90 Å². The minimum absolute atomic E-state index is 0.118. The van der Waals surface area contributed by atoms with Crippen LogP contribution in [0.3, 0.4) is 0 Å². The molecule has 0 heterocycles. The molecule has 0 fully saturated rings. The summed E-state index contributed by atoms with van der Waals surface area (Å²) >= 11 is 9.77. The summed E-state index contributed by atoms with van der Waals surface area (Å²) in [5.74, 6) is -1.02. The Morgan fingerprint density at radius 2 is 2.17 bits per heavy atom. The molecule has 0 aliphatic carbocycles. The molecule has 0 bridgehead atoms. The van der Waals surface area contributed by atoms with E-state index in [4.69, 9.17) is 16.7 Å². The van der Waals surface area contributed by atoms with Gasteiger partial charge < -0.3 is 5.11 Å². The number of carbonyl (C=O) groups is 1. The molecule has 0 aliphatic heterocycles. The van der Waals surface area contributed by atoms with Crippen LogP contribution in [0.25, 0.3) is 0 Å². The van der Waals surface area contributed by atoms with E-state index in [2.05, 4.69) is 12.6 Å². The van der Waals surface area contributed by atoms with Crippen molar-refractivity contribution in [3.63, 3.8) is 0 Å². The number of carboxylic acid groups (broad SMARTS) is 1. The molecule has 0 unspecified atom stereocenters. The average Bonchev–Trinajstić information content (AvgIpc) is 1.96. The Kier molecular flexibility index (Phi) is 2.65. The topological polar surface area (TPSA) is 37.3 Å². The highest BCUT2D eigenvalue weighted by atomic mass is 35.5. The van der Waals surface area contributed by atoms with Crippen molar-refractivity contribution in [2.45, 2.75) is 11.8 Å². The first kappa shape index (κ1) is 9.42. The van der Waals surface area contributed by atoms with Crippen LogP contribution in [0, 0.1) is 6.92 Å². The second-order valence-electron chi connectivity index (χ2n) is 2.42. The number of aromatic carboxylic acids is 1. The fourth-order valence-electron chi connectivity index (χ4n) is 0.835. The highest BCUT2D eigenvalue weighted by Gasteiger charge is 2.09. The third kappa shape index (κ3) is 1.73. The zero-order chi connectivity index (χ0) is 9.30. The predicted molar refractivity (Wildman–Crippen MR) is 50.4 cm³/mol. The van der Waals surface area contributed by atoms with Gasteiger partial charge in [0.25, 0.3) is 0 Å². The van der Waals surface area contributed by atoms with Gasteiger partial charge in [0.05, 0.1) is 10.6 Å². The van der Waals surface area contributed by atoms with Crippen LogP contribution in [-0.2, 0) is 0 Å². The Labute approximate surface area is 80.6 Å². The zero-order valence-corrected chi connectivity index (χ0v) is 7.99. The van der Waals surface area contributed by atoms with E-state index in [1.807, 2.05) is 0 Å². The summed E-state index contributed by atoms with van der Waals surface area (Å²) in [5, 5.41) is 8.89. The molecule has 0 spiro atoms. The smallest absolute Gasteiger partial charge is 0.337 e. The van der Waals surface area contributed by atoms with E-state index in [1.54, 1.807) is 6.92 Å². The number of benzene rings is 1. The van der Waals surface area contributed by atoms with Crippen molar-refractivity contribution in [3.05, 3.63) is 28.3 Å². The lowest BCUT2D eigenvalue weighted by Crippen LogP contribution is -1.98. The predicted octanol–water partition coefficient (Wildman–Crippen LogP) is 2.64. The quantitative estimate of drug-likeness (QED) is 0.687. The van der Waals surface area contributed by atoms with Crippen molar-refractivity contribution >= 4 is 30.2 Å². The fourth-order valence-corrected chi connectivity index (χ4v) is 1.35. The molecule has 0 aliphatic rings.